The van der Waals surface area contributed by atoms with Gasteiger partial charge in [0.1, 0.15) is 17.9 Å². The van der Waals surface area contributed by atoms with Gasteiger partial charge in [0.2, 0.25) is 0 Å². The molecule has 1 aliphatic heterocycles. The Kier molecular flexibility index (Phi) is 6.52. The fourth-order valence-corrected chi connectivity index (χ4v) is 4.89. The van der Waals surface area contributed by atoms with Crippen LogP contribution in [0.4, 0.5) is 0 Å². The predicted molar refractivity (Wildman–Crippen MR) is 143 cm³/mol. The summed E-state index contributed by atoms with van der Waals surface area (Å²) in [6, 6.07) is 20.2. The maximum Gasteiger partial charge on any atom is 0.261 e. The van der Waals surface area contributed by atoms with Gasteiger partial charge >= 0.3 is 0 Å². The minimum Gasteiger partial charge on any atom is -0.487 e. The molecule has 5 rings (SSSR count). The Bertz CT molecular complexity index is 1530. The summed E-state index contributed by atoms with van der Waals surface area (Å²) in [5.74, 6) is 0.0522. The molecule has 2 heterocycles. The molecule has 0 bridgehead atoms. The SMILES string of the molecule is C/C(=C/CN1C(=O)c2ccccc2C1=O)c1ccc(Cl)c(COc2cccc3ccc(C)nc23)c1Cl. The third kappa shape index (κ3) is 4.36. The monoisotopic (exact) mass is 516 g/mol. The molecule has 0 saturated carbocycles. The number of aromatic nitrogens is 1. The highest BCUT2D eigenvalue weighted by molar-refractivity contribution is 6.37. The van der Waals surface area contributed by atoms with Gasteiger partial charge in [0.25, 0.3) is 11.8 Å². The van der Waals surface area contributed by atoms with Crippen molar-refractivity contribution in [3.05, 3.63) is 111 Å². The van der Waals surface area contributed by atoms with Gasteiger partial charge in [-0.15, -0.1) is 0 Å². The van der Waals surface area contributed by atoms with E-state index in [0.717, 1.165) is 27.7 Å². The highest BCUT2D eigenvalue weighted by Gasteiger charge is 2.34. The first kappa shape index (κ1) is 24.0. The molecule has 4 aromatic rings. The van der Waals surface area contributed by atoms with E-state index >= 15 is 0 Å². The Hall–Kier alpha value is -3.67. The first-order valence-corrected chi connectivity index (χ1v) is 12.2. The van der Waals surface area contributed by atoms with Crippen LogP contribution < -0.4 is 4.74 Å². The van der Waals surface area contributed by atoms with Crippen LogP contribution in [0.25, 0.3) is 16.5 Å². The number of ether oxygens (including phenoxy) is 1. The van der Waals surface area contributed by atoms with Gasteiger partial charge in [-0.05, 0) is 55.3 Å². The van der Waals surface area contributed by atoms with E-state index in [9.17, 15) is 9.59 Å². The fraction of sp³-hybridized carbons (Fsp3) is 0.138. The van der Waals surface area contributed by atoms with Crippen molar-refractivity contribution in [2.24, 2.45) is 0 Å². The smallest absolute Gasteiger partial charge is 0.261 e. The van der Waals surface area contributed by atoms with Gasteiger partial charge in [-0.2, -0.15) is 0 Å². The third-order valence-electron chi connectivity index (χ3n) is 6.26. The molecule has 2 amide bonds. The van der Waals surface area contributed by atoms with Crippen molar-refractivity contribution in [3.63, 3.8) is 0 Å². The molecule has 0 spiro atoms. The van der Waals surface area contributed by atoms with Crippen LogP contribution in [0.5, 0.6) is 5.75 Å². The lowest BCUT2D eigenvalue weighted by Gasteiger charge is -2.15. The van der Waals surface area contributed by atoms with E-state index in [-0.39, 0.29) is 25.0 Å². The number of para-hydroxylation sites is 1. The van der Waals surface area contributed by atoms with Crippen molar-refractivity contribution in [3.8, 4) is 5.75 Å². The molecule has 3 aromatic carbocycles. The van der Waals surface area contributed by atoms with Crippen LogP contribution in [0.3, 0.4) is 0 Å². The van der Waals surface area contributed by atoms with E-state index in [0.29, 0.717) is 32.5 Å². The van der Waals surface area contributed by atoms with E-state index < -0.39 is 0 Å². The normalized spacial score (nSPS) is 13.4. The Labute approximate surface area is 218 Å². The number of amides is 2. The summed E-state index contributed by atoms with van der Waals surface area (Å²) in [6.07, 6.45) is 1.82. The van der Waals surface area contributed by atoms with Crippen molar-refractivity contribution in [2.75, 3.05) is 6.54 Å². The Morgan fingerprint density at radius 2 is 1.67 bits per heavy atom. The molecule has 0 fully saturated rings. The number of pyridine rings is 1. The molecule has 36 heavy (non-hydrogen) atoms. The van der Waals surface area contributed by atoms with Crippen LogP contribution in [0.2, 0.25) is 10.0 Å². The van der Waals surface area contributed by atoms with Crippen molar-refractivity contribution in [1.82, 2.24) is 9.88 Å². The number of carbonyl (C=O) groups excluding carboxylic acids is 2. The van der Waals surface area contributed by atoms with Gasteiger partial charge in [-0.25, -0.2) is 4.98 Å². The summed E-state index contributed by atoms with van der Waals surface area (Å²) < 4.78 is 6.11. The molecule has 7 heteroatoms. The van der Waals surface area contributed by atoms with Gasteiger partial charge in [0.15, 0.2) is 0 Å². The Balaban J connectivity index is 1.38. The van der Waals surface area contributed by atoms with Gasteiger partial charge in [0.05, 0.1) is 16.1 Å². The first-order valence-electron chi connectivity index (χ1n) is 11.4. The molecule has 0 radical (unpaired) electrons. The van der Waals surface area contributed by atoms with Crippen LogP contribution in [0.1, 0.15) is 44.5 Å². The number of aryl methyl sites for hydroxylation is 1. The minimum absolute atomic E-state index is 0.143. The van der Waals surface area contributed by atoms with E-state index in [1.807, 2.05) is 56.3 Å². The van der Waals surface area contributed by atoms with Crippen molar-refractivity contribution in [1.29, 1.82) is 0 Å². The average molecular weight is 517 g/mol. The number of imide groups is 1. The predicted octanol–water partition coefficient (Wildman–Crippen LogP) is 7.13. The Morgan fingerprint density at radius 3 is 2.39 bits per heavy atom. The number of rotatable bonds is 6. The molecular formula is C29H22Cl2N2O3. The summed E-state index contributed by atoms with van der Waals surface area (Å²) in [7, 11) is 0. The number of allylic oxidation sites excluding steroid dienone is 1. The van der Waals surface area contributed by atoms with Gasteiger partial charge in [0, 0.05) is 28.2 Å². The Morgan fingerprint density at radius 1 is 0.944 bits per heavy atom. The highest BCUT2D eigenvalue weighted by Crippen LogP contribution is 2.34. The van der Waals surface area contributed by atoms with E-state index in [4.69, 9.17) is 27.9 Å². The number of hydrogen-bond acceptors (Lipinski definition) is 4. The highest BCUT2D eigenvalue weighted by atomic mass is 35.5. The largest absolute Gasteiger partial charge is 0.487 e. The number of halogens is 2. The molecule has 180 valence electrons. The second-order valence-electron chi connectivity index (χ2n) is 8.61. The zero-order valence-electron chi connectivity index (χ0n) is 19.7. The zero-order chi connectivity index (χ0) is 25.4. The van der Waals surface area contributed by atoms with Crippen LogP contribution in [-0.2, 0) is 6.61 Å². The third-order valence-corrected chi connectivity index (χ3v) is 7.05. The first-order chi connectivity index (χ1) is 17.3. The lowest BCUT2D eigenvalue weighted by molar-refractivity contribution is 0.0672. The van der Waals surface area contributed by atoms with Crippen molar-refractivity contribution in [2.45, 2.75) is 20.5 Å². The van der Waals surface area contributed by atoms with Crippen molar-refractivity contribution < 1.29 is 14.3 Å². The maximum atomic E-state index is 12.7. The van der Waals surface area contributed by atoms with Crippen LogP contribution >= 0.6 is 23.2 Å². The van der Waals surface area contributed by atoms with Crippen LogP contribution in [-0.4, -0.2) is 28.2 Å². The molecule has 1 aromatic heterocycles. The van der Waals surface area contributed by atoms with E-state index in [1.54, 1.807) is 30.3 Å². The zero-order valence-corrected chi connectivity index (χ0v) is 21.2. The quantitative estimate of drug-likeness (QED) is 0.256. The standard InChI is InChI=1S/C29H22Cl2N2O3/c1-17(14-15-33-28(34)21-7-3-4-8-22(21)29(33)35)20-12-13-24(30)23(26(20)31)16-36-25-9-5-6-19-11-10-18(2)32-27(19)25/h3-14H,15-16H2,1-2H3/b17-14-. The minimum atomic E-state index is -0.296. The van der Waals surface area contributed by atoms with Gasteiger partial charge < -0.3 is 4.74 Å². The molecule has 0 unspecified atom stereocenters. The number of benzene rings is 3. The van der Waals surface area contributed by atoms with Crippen LogP contribution in [0.15, 0.2) is 72.8 Å². The molecule has 0 N–H and O–H groups in total. The summed E-state index contributed by atoms with van der Waals surface area (Å²) in [5, 5.41) is 1.93. The van der Waals surface area contributed by atoms with E-state index in [2.05, 4.69) is 4.98 Å². The molecule has 0 saturated heterocycles. The summed E-state index contributed by atoms with van der Waals surface area (Å²) in [4.78, 5) is 31.2. The molecule has 5 nitrogen and oxygen atoms in total. The summed E-state index contributed by atoms with van der Waals surface area (Å²) >= 11 is 13.3. The molecule has 1 aliphatic rings. The maximum absolute atomic E-state index is 12.7. The second kappa shape index (κ2) is 9.76. The lowest BCUT2D eigenvalue weighted by Crippen LogP contribution is -2.29. The number of nitrogens with zero attached hydrogens (tertiary/aromatic N) is 2. The summed E-state index contributed by atoms with van der Waals surface area (Å²) in [5.41, 5.74) is 4.74. The number of carbonyl (C=O) groups is 2. The van der Waals surface area contributed by atoms with Gasteiger partial charge in [-0.3, -0.25) is 14.5 Å². The van der Waals surface area contributed by atoms with Crippen LogP contribution in [0, 0.1) is 6.92 Å². The lowest BCUT2D eigenvalue weighted by atomic mass is 10.0. The summed E-state index contributed by atoms with van der Waals surface area (Å²) in [6.45, 7) is 4.12. The van der Waals surface area contributed by atoms with E-state index in [1.165, 1.54) is 4.90 Å². The topological polar surface area (TPSA) is 59.5 Å². The van der Waals surface area contributed by atoms with Crippen molar-refractivity contribution >= 4 is 51.5 Å². The van der Waals surface area contributed by atoms with Gasteiger partial charge in [-0.1, -0.05) is 65.7 Å². The number of fused-ring (bicyclic) bond motifs is 2. The second-order valence-corrected chi connectivity index (χ2v) is 9.40. The average Bonchev–Trinajstić information content (AvgIpc) is 3.12. The molecular weight excluding hydrogens is 495 g/mol. The fourth-order valence-electron chi connectivity index (χ4n) is 4.26. The molecule has 0 aliphatic carbocycles. The number of hydrogen-bond donors (Lipinski definition) is 0. The molecule has 0 atom stereocenters.